The summed E-state index contributed by atoms with van der Waals surface area (Å²) in [5.74, 6) is 1.10. The highest BCUT2D eigenvalue weighted by molar-refractivity contribution is 5.98. The molecule has 0 fully saturated rings. The highest BCUT2D eigenvalue weighted by atomic mass is 16.5. The van der Waals surface area contributed by atoms with Crippen LogP contribution in [-0.4, -0.2) is 12.4 Å². The van der Waals surface area contributed by atoms with Crippen molar-refractivity contribution in [1.82, 2.24) is 0 Å². The van der Waals surface area contributed by atoms with Crippen LogP contribution in [0.5, 0.6) is 5.75 Å². The number of hydrogen-bond acceptors (Lipinski definition) is 2. The van der Waals surface area contributed by atoms with Gasteiger partial charge in [0, 0.05) is 18.4 Å². The monoisotopic (exact) mass is 266 g/mol. The van der Waals surface area contributed by atoms with Crippen molar-refractivity contribution in [3.05, 3.63) is 64.2 Å². The minimum absolute atomic E-state index is 0.178. The molecule has 2 nitrogen and oxygen atoms in total. The number of carbonyl (C=O) groups excluding carboxylic acids is 1. The number of ether oxygens (including phenoxy) is 1. The van der Waals surface area contributed by atoms with Crippen molar-refractivity contribution in [2.75, 3.05) is 6.61 Å². The van der Waals surface area contributed by atoms with Gasteiger partial charge in [0.05, 0.1) is 6.61 Å². The molecule has 2 heteroatoms. The van der Waals surface area contributed by atoms with Crippen LogP contribution < -0.4 is 4.74 Å². The van der Waals surface area contributed by atoms with Crippen molar-refractivity contribution >= 4 is 5.78 Å². The molecule has 3 rings (SSSR count). The average Bonchev–Trinajstić information content (AvgIpc) is 2.90. The van der Waals surface area contributed by atoms with E-state index >= 15 is 0 Å². The Bertz CT molecular complexity index is 651. The van der Waals surface area contributed by atoms with Crippen LogP contribution in [-0.2, 0) is 12.8 Å². The van der Waals surface area contributed by atoms with Crippen LogP contribution in [0.4, 0.5) is 0 Å². The first-order chi connectivity index (χ1) is 9.65. The lowest BCUT2D eigenvalue weighted by atomic mass is 9.95. The van der Waals surface area contributed by atoms with Crippen LogP contribution in [0.2, 0.25) is 0 Å². The van der Waals surface area contributed by atoms with E-state index in [1.807, 2.05) is 24.3 Å². The third kappa shape index (κ3) is 2.34. The highest BCUT2D eigenvalue weighted by Gasteiger charge is 2.16. The van der Waals surface area contributed by atoms with E-state index in [1.165, 1.54) is 11.1 Å². The lowest BCUT2D eigenvalue weighted by Crippen LogP contribution is -2.06. The van der Waals surface area contributed by atoms with Gasteiger partial charge in [-0.3, -0.25) is 4.79 Å². The Morgan fingerprint density at radius 1 is 1.15 bits per heavy atom. The van der Waals surface area contributed by atoms with Crippen LogP contribution in [0.15, 0.2) is 36.4 Å². The van der Waals surface area contributed by atoms with Gasteiger partial charge in [0.25, 0.3) is 0 Å². The fraction of sp³-hybridized carbons (Fsp3) is 0.278. The largest absolute Gasteiger partial charge is 0.493 e. The van der Waals surface area contributed by atoms with Gasteiger partial charge in [0.15, 0.2) is 5.78 Å². The third-order valence-corrected chi connectivity index (χ3v) is 3.99. The molecule has 0 unspecified atom stereocenters. The Hall–Kier alpha value is -2.09. The second kappa shape index (κ2) is 5.12. The summed E-state index contributed by atoms with van der Waals surface area (Å²) in [6.07, 6.45) is 1.37. The predicted molar refractivity (Wildman–Crippen MR) is 79.6 cm³/mol. The van der Waals surface area contributed by atoms with E-state index in [0.29, 0.717) is 6.42 Å². The molecular formula is C18H18O2. The maximum atomic E-state index is 12.5. The maximum absolute atomic E-state index is 12.5. The number of hydrogen-bond donors (Lipinski definition) is 0. The number of fused-ring (bicyclic) bond motifs is 1. The van der Waals surface area contributed by atoms with Crippen molar-refractivity contribution in [3.8, 4) is 5.75 Å². The van der Waals surface area contributed by atoms with E-state index in [0.717, 1.165) is 35.5 Å². The summed E-state index contributed by atoms with van der Waals surface area (Å²) in [6, 6.07) is 11.9. The SMILES string of the molecule is Cc1cccc(C)c1CC(=O)c1ccc2c(c1)CCO2. The molecular weight excluding hydrogens is 248 g/mol. The number of ketones is 1. The summed E-state index contributed by atoms with van der Waals surface area (Å²) in [5.41, 5.74) is 5.45. The van der Waals surface area contributed by atoms with Gasteiger partial charge in [-0.1, -0.05) is 18.2 Å². The first-order valence-corrected chi connectivity index (χ1v) is 6.99. The molecule has 0 bridgehead atoms. The highest BCUT2D eigenvalue weighted by Crippen LogP contribution is 2.26. The molecule has 2 aromatic rings. The van der Waals surface area contributed by atoms with Crippen molar-refractivity contribution in [3.63, 3.8) is 0 Å². The molecule has 0 amide bonds. The molecule has 0 radical (unpaired) electrons. The Kier molecular flexibility index (Phi) is 3.31. The third-order valence-electron chi connectivity index (χ3n) is 3.99. The molecule has 102 valence electrons. The van der Waals surface area contributed by atoms with Gasteiger partial charge in [-0.15, -0.1) is 0 Å². The van der Waals surface area contributed by atoms with Gasteiger partial charge in [-0.05, 0) is 54.3 Å². The maximum Gasteiger partial charge on any atom is 0.167 e. The van der Waals surface area contributed by atoms with E-state index in [2.05, 4.69) is 26.0 Å². The topological polar surface area (TPSA) is 26.3 Å². The second-order valence-corrected chi connectivity index (χ2v) is 5.39. The molecule has 0 saturated carbocycles. The zero-order valence-corrected chi connectivity index (χ0v) is 11.9. The summed E-state index contributed by atoms with van der Waals surface area (Å²) < 4.78 is 5.48. The Morgan fingerprint density at radius 3 is 2.65 bits per heavy atom. The summed E-state index contributed by atoms with van der Waals surface area (Å²) in [4.78, 5) is 12.5. The van der Waals surface area contributed by atoms with E-state index in [-0.39, 0.29) is 5.78 Å². The van der Waals surface area contributed by atoms with E-state index in [9.17, 15) is 4.79 Å². The van der Waals surface area contributed by atoms with Crippen molar-refractivity contribution in [1.29, 1.82) is 0 Å². The lowest BCUT2D eigenvalue weighted by molar-refractivity contribution is 0.0992. The minimum Gasteiger partial charge on any atom is -0.493 e. The van der Waals surface area contributed by atoms with Crippen LogP contribution in [0.1, 0.15) is 32.6 Å². The average molecular weight is 266 g/mol. The van der Waals surface area contributed by atoms with Crippen LogP contribution in [0, 0.1) is 13.8 Å². The van der Waals surface area contributed by atoms with Gasteiger partial charge >= 0.3 is 0 Å². The predicted octanol–water partition coefficient (Wildman–Crippen LogP) is 3.66. The van der Waals surface area contributed by atoms with E-state index in [1.54, 1.807) is 0 Å². The number of Topliss-reactive ketones (excluding diaryl/α,β-unsaturated/α-hetero) is 1. The minimum atomic E-state index is 0.178. The normalized spacial score (nSPS) is 12.9. The number of carbonyl (C=O) groups is 1. The summed E-state index contributed by atoms with van der Waals surface area (Å²) in [5, 5.41) is 0. The summed E-state index contributed by atoms with van der Waals surface area (Å²) in [6.45, 7) is 4.85. The van der Waals surface area contributed by atoms with Crippen LogP contribution in [0.3, 0.4) is 0 Å². The van der Waals surface area contributed by atoms with Crippen molar-refractivity contribution < 1.29 is 9.53 Å². The Balaban J connectivity index is 1.86. The van der Waals surface area contributed by atoms with Gasteiger partial charge in [-0.25, -0.2) is 0 Å². The Labute approximate surface area is 119 Å². The quantitative estimate of drug-likeness (QED) is 0.792. The molecule has 0 saturated heterocycles. The zero-order chi connectivity index (χ0) is 14.1. The molecule has 1 aliphatic rings. The number of benzene rings is 2. The smallest absolute Gasteiger partial charge is 0.167 e. The molecule has 0 atom stereocenters. The standard InChI is InChI=1S/C18H18O2/c1-12-4-3-5-13(2)16(12)11-17(19)14-6-7-18-15(10-14)8-9-20-18/h3-7,10H,8-9,11H2,1-2H3. The molecule has 1 heterocycles. The lowest BCUT2D eigenvalue weighted by Gasteiger charge is -2.09. The fourth-order valence-corrected chi connectivity index (χ4v) is 2.75. The second-order valence-electron chi connectivity index (χ2n) is 5.39. The van der Waals surface area contributed by atoms with Crippen molar-refractivity contribution in [2.24, 2.45) is 0 Å². The van der Waals surface area contributed by atoms with Crippen LogP contribution in [0.25, 0.3) is 0 Å². The molecule has 0 spiro atoms. The zero-order valence-electron chi connectivity index (χ0n) is 11.9. The summed E-state index contributed by atoms with van der Waals surface area (Å²) in [7, 11) is 0. The molecule has 0 aromatic heterocycles. The van der Waals surface area contributed by atoms with Gasteiger partial charge in [0.1, 0.15) is 5.75 Å². The fourth-order valence-electron chi connectivity index (χ4n) is 2.75. The van der Waals surface area contributed by atoms with Gasteiger partial charge < -0.3 is 4.74 Å². The van der Waals surface area contributed by atoms with E-state index < -0.39 is 0 Å². The molecule has 2 aromatic carbocycles. The molecule has 20 heavy (non-hydrogen) atoms. The summed E-state index contributed by atoms with van der Waals surface area (Å²) >= 11 is 0. The number of aryl methyl sites for hydroxylation is 2. The first kappa shape index (κ1) is 12.9. The molecule has 0 aliphatic carbocycles. The number of rotatable bonds is 3. The molecule has 1 aliphatic heterocycles. The van der Waals surface area contributed by atoms with Gasteiger partial charge in [0.2, 0.25) is 0 Å². The molecule has 0 N–H and O–H groups in total. The first-order valence-electron chi connectivity index (χ1n) is 6.99. The Morgan fingerprint density at radius 2 is 1.90 bits per heavy atom. The van der Waals surface area contributed by atoms with E-state index in [4.69, 9.17) is 4.74 Å². The van der Waals surface area contributed by atoms with Crippen LogP contribution >= 0.6 is 0 Å². The van der Waals surface area contributed by atoms with Crippen molar-refractivity contribution in [2.45, 2.75) is 26.7 Å². The van der Waals surface area contributed by atoms with Gasteiger partial charge in [-0.2, -0.15) is 0 Å².